The molecule has 0 aliphatic rings. The van der Waals surface area contributed by atoms with Crippen molar-refractivity contribution in [2.24, 2.45) is 0 Å². The smallest absolute Gasteiger partial charge is 0.345 e. The Balaban J connectivity index is 2.25. The largest absolute Gasteiger partial charge is 0.496 e. The number of methoxy groups -OCH3 is 1. The number of para-hydroxylation sites is 1. The van der Waals surface area contributed by atoms with E-state index in [1.54, 1.807) is 13.2 Å². The molecule has 0 saturated heterocycles. The quantitative estimate of drug-likeness (QED) is 0.888. The topological polar surface area (TPSA) is 55.8 Å². The molecule has 1 atom stereocenters. The normalized spacial score (nSPS) is 11.8. The molecule has 0 aliphatic heterocycles. The first-order valence-corrected chi connectivity index (χ1v) is 7.10. The maximum Gasteiger partial charge on any atom is 0.345 e. The van der Waals surface area contributed by atoms with Crippen LogP contribution < -0.4 is 9.47 Å². The van der Waals surface area contributed by atoms with Crippen molar-refractivity contribution in [3.05, 3.63) is 59.2 Å². The zero-order chi connectivity index (χ0) is 16.1. The number of hydrogen-bond donors (Lipinski definition) is 1. The highest BCUT2D eigenvalue weighted by molar-refractivity contribution is 5.73. The van der Waals surface area contributed by atoms with E-state index in [0.29, 0.717) is 11.5 Å². The zero-order valence-electron chi connectivity index (χ0n) is 13.0. The molecule has 1 N–H and O–H groups in total. The molecule has 4 nitrogen and oxygen atoms in total. The molecule has 0 aliphatic carbocycles. The molecule has 22 heavy (non-hydrogen) atoms. The van der Waals surface area contributed by atoms with E-state index in [-0.39, 0.29) is 6.42 Å². The molecule has 0 amide bonds. The van der Waals surface area contributed by atoms with E-state index < -0.39 is 12.1 Å². The average Bonchev–Trinajstić information content (AvgIpc) is 2.49. The van der Waals surface area contributed by atoms with Crippen LogP contribution in [0.5, 0.6) is 11.5 Å². The van der Waals surface area contributed by atoms with Crippen LogP contribution in [-0.2, 0) is 11.2 Å². The molecular weight excluding hydrogens is 280 g/mol. The van der Waals surface area contributed by atoms with Crippen LogP contribution in [0.25, 0.3) is 0 Å². The Kier molecular flexibility index (Phi) is 5.04. The van der Waals surface area contributed by atoms with Crippen molar-refractivity contribution in [1.82, 2.24) is 0 Å². The van der Waals surface area contributed by atoms with Gasteiger partial charge in [0.1, 0.15) is 11.5 Å². The lowest BCUT2D eigenvalue weighted by Crippen LogP contribution is -2.29. The Morgan fingerprint density at radius 1 is 1.14 bits per heavy atom. The van der Waals surface area contributed by atoms with Crippen molar-refractivity contribution in [3.63, 3.8) is 0 Å². The van der Waals surface area contributed by atoms with E-state index in [1.165, 1.54) is 0 Å². The van der Waals surface area contributed by atoms with Gasteiger partial charge in [-0.2, -0.15) is 0 Å². The van der Waals surface area contributed by atoms with Crippen LogP contribution in [0.15, 0.2) is 42.5 Å². The fourth-order valence-corrected chi connectivity index (χ4v) is 2.29. The van der Waals surface area contributed by atoms with Gasteiger partial charge in [-0.3, -0.25) is 0 Å². The van der Waals surface area contributed by atoms with Gasteiger partial charge in [-0.25, -0.2) is 4.79 Å². The Labute approximate surface area is 130 Å². The number of aryl methyl sites for hydroxylation is 2. The third kappa shape index (κ3) is 3.79. The number of hydrogen-bond acceptors (Lipinski definition) is 3. The van der Waals surface area contributed by atoms with Gasteiger partial charge in [-0.15, -0.1) is 0 Å². The van der Waals surface area contributed by atoms with Gasteiger partial charge in [0.15, 0.2) is 6.10 Å². The second-order valence-electron chi connectivity index (χ2n) is 5.23. The van der Waals surface area contributed by atoms with Crippen LogP contribution in [0.3, 0.4) is 0 Å². The summed E-state index contributed by atoms with van der Waals surface area (Å²) < 4.78 is 11.0. The van der Waals surface area contributed by atoms with Gasteiger partial charge in [0.25, 0.3) is 0 Å². The second-order valence-corrected chi connectivity index (χ2v) is 5.23. The molecule has 0 spiro atoms. The van der Waals surface area contributed by atoms with Crippen LogP contribution in [-0.4, -0.2) is 24.3 Å². The molecule has 0 heterocycles. The van der Waals surface area contributed by atoms with Crippen molar-refractivity contribution < 1.29 is 19.4 Å². The lowest BCUT2D eigenvalue weighted by atomic mass is 10.0. The van der Waals surface area contributed by atoms with Crippen molar-refractivity contribution in [3.8, 4) is 11.5 Å². The van der Waals surface area contributed by atoms with Crippen LogP contribution in [0.4, 0.5) is 0 Å². The summed E-state index contributed by atoms with van der Waals surface area (Å²) in [5.74, 6) is 0.263. The summed E-state index contributed by atoms with van der Waals surface area (Å²) in [6, 6.07) is 13.1. The number of carboxylic acids is 1. The molecule has 2 aromatic carbocycles. The third-order valence-corrected chi connectivity index (χ3v) is 3.48. The van der Waals surface area contributed by atoms with Gasteiger partial charge in [0.05, 0.1) is 7.11 Å². The molecule has 0 unspecified atom stereocenters. The number of benzene rings is 2. The maximum atomic E-state index is 11.5. The van der Waals surface area contributed by atoms with Crippen molar-refractivity contribution in [2.75, 3.05) is 7.11 Å². The van der Waals surface area contributed by atoms with E-state index >= 15 is 0 Å². The van der Waals surface area contributed by atoms with E-state index in [0.717, 1.165) is 16.7 Å². The number of rotatable bonds is 6. The summed E-state index contributed by atoms with van der Waals surface area (Å²) in [5.41, 5.74) is 2.78. The summed E-state index contributed by atoms with van der Waals surface area (Å²) >= 11 is 0. The monoisotopic (exact) mass is 300 g/mol. The van der Waals surface area contributed by atoms with Gasteiger partial charge in [-0.1, -0.05) is 35.9 Å². The first-order valence-electron chi connectivity index (χ1n) is 7.10. The van der Waals surface area contributed by atoms with E-state index in [4.69, 9.17) is 9.47 Å². The van der Waals surface area contributed by atoms with Gasteiger partial charge >= 0.3 is 5.97 Å². The van der Waals surface area contributed by atoms with Crippen molar-refractivity contribution >= 4 is 5.97 Å². The van der Waals surface area contributed by atoms with E-state index in [9.17, 15) is 9.90 Å². The molecule has 4 heteroatoms. The summed E-state index contributed by atoms with van der Waals surface area (Å²) in [5, 5.41) is 9.45. The Hall–Kier alpha value is -2.49. The third-order valence-electron chi connectivity index (χ3n) is 3.48. The molecule has 0 bridgehead atoms. The lowest BCUT2D eigenvalue weighted by molar-refractivity contribution is -0.145. The summed E-state index contributed by atoms with van der Waals surface area (Å²) in [4.78, 5) is 11.5. The standard InChI is InChI=1S/C18H20O4/c1-12-8-9-16(21-3)14(10-12)11-17(18(19)20)22-15-7-5-4-6-13(15)2/h4-10,17H,11H2,1-3H3,(H,19,20)/t17-/m1/s1. The van der Waals surface area contributed by atoms with Crippen LogP contribution in [0, 0.1) is 13.8 Å². The minimum absolute atomic E-state index is 0.245. The molecule has 116 valence electrons. The van der Waals surface area contributed by atoms with Gasteiger partial charge in [0.2, 0.25) is 0 Å². The lowest BCUT2D eigenvalue weighted by Gasteiger charge is -2.18. The van der Waals surface area contributed by atoms with Crippen LogP contribution >= 0.6 is 0 Å². The van der Waals surface area contributed by atoms with Gasteiger partial charge in [-0.05, 0) is 37.1 Å². The fourth-order valence-electron chi connectivity index (χ4n) is 2.29. The minimum Gasteiger partial charge on any atom is -0.496 e. The SMILES string of the molecule is COc1ccc(C)cc1C[C@@H](Oc1ccccc1C)C(=O)O. The van der Waals surface area contributed by atoms with Gasteiger partial charge in [0, 0.05) is 6.42 Å². The van der Waals surface area contributed by atoms with Crippen molar-refractivity contribution in [1.29, 1.82) is 0 Å². The first-order chi connectivity index (χ1) is 10.5. The van der Waals surface area contributed by atoms with Gasteiger partial charge < -0.3 is 14.6 Å². The molecule has 2 rings (SSSR count). The predicted molar refractivity (Wildman–Crippen MR) is 84.7 cm³/mol. The highest BCUT2D eigenvalue weighted by Crippen LogP contribution is 2.24. The highest BCUT2D eigenvalue weighted by Gasteiger charge is 2.22. The summed E-state index contributed by atoms with van der Waals surface area (Å²) in [6.07, 6.45) is -0.717. The Morgan fingerprint density at radius 2 is 1.86 bits per heavy atom. The van der Waals surface area contributed by atoms with E-state index in [2.05, 4.69) is 0 Å². The average molecular weight is 300 g/mol. The minimum atomic E-state index is -0.994. The molecule has 0 fully saturated rings. The van der Waals surface area contributed by atoms with E-state index in [1.807, 2.05) is 50.2 Å². The molecule has 0 radical (unpaired) electrons. The number of carbonyl (C=O) groups is 1. The number of carboxylic acid groups (broad SMARTS) is 1. The highest BCUT2D eigenvalue weighted by atomic mass is 16.5. The zero-order valence-corrected chi connectivity index (χ0v) is 13.0. The first kappa shape index (κ1) is 15.9. The number of ether oxygens (including phenoxy) is 2. The maximum absolute atomic E-state index is 11.5. The molecule has 0 aromatic heterocycles. The summed E-state index contributed by atoms with van der Waals surface area (Å²) in [7, 11) is 1.58. The van der Waals surface area contributed by atoms with Crippen LogP contribution in [0.1, 0.15) is 16.7 Å². The Morgan fingerprint density at radius 3 is 2.50 bits per heavy atom. The molecule has 0 saturated carbocycles. The predicted octanol–water partition coefficient (Wildman–Crippen LogP) is 3.39. The number of aliphatic carboxylic acids is 1. The van der Waals surface area contributed by atoms with Crippen LogP contribution in [0.2, 0.25) is 0 Å². The summed E-state index contributed by atoms with van der Waals surface area (Å²) in [6.45, 7) is 3.85. The second kappa shape index (κ2) is 6.98. The molecular formula is C18H20O4. The fraction of sp³-hybridized carbons (Fsp3) is 0.278. The Bertz CT molecular complexity index is 664. The van der Waals surface area contributed by atoms with Crippen molar-refractivity contribution in [2.45, 2.75) is 26.4 Å². The molecule has 2 aromatic rings.